The maximum absolute atomic E-state index is 12.9. The fourth-order valence-electron chi connectivity index (χ4n) is 3.50. The van der Waals surface area contributed by atoms with Gasteiger partial charge in [-0.1, -0.05) is 6.92 Å². The number of furan rings is 1. The molecule has 2 aromatic heterocycles. The first-order valence-corrected chi connectivity index (χ1v) is 8.66. The van der Waals surface area contributed by atoms with Crippen molar-refractivity contribution in [2.24, 2.45) is 5.92 Å². The number of carbonyl (C=O) groups is 1. The molecule has 2 amide bonds. The van der Waals surface area contributed by atoms with Crippen molar-refractivity contribution < 1.29 is 9.21 Å². The summed E-state index contributed by atoms with van der Waals surface area (Å²) in [6.45, 7) is 9.71. The Labute approximate surface area is 142 Å². The topological polar surface area (TPSA) is 63.3 Å². The number of urea groups is 1. The van der Waals surface area contributed by atoms with Crippen LogP contribution in [0.15, 0.2) is 22.8 Å². The van der Waals surface area contributed by atoms with Gasteiger partial charge in [0.25, 0.3) is 0 Å². The van der Waals surface area contributed by atoms with Gasteiger partial charge in [0.2, 0.25) is 0 Å². The van der Waals surface area contributed by atoms with Crippen molar-refractivity contribution in [3.05, 3.63) is 35.5 Å². The summed E-state index contributed by atoms with van der Waals surface area (Å²) in [7, 11) is 0. The zero-order valence-corrected chi connectivity index (χ0v) is 14.9. The van der Waals surface area contributed by atoms with Gasteiger partial charge in [0.05, 0.1) is 29.4 Å². The Hall–Kier alpha value is -2.24. The maximum atomic E-state index is 12.9. The van der Waals surface area contributed by atoms with E-state index in [1.807, 2.05) is 42.5 Å². The molecule has 1 aliphatic rings. The van der Waals surface area contributed by atoms with Crippen LogP contribution in [0.1, 0.15) is 49.9 Å². The molecule has 1 aliphatic heterocycles. The summed E-state index contributed by atoms with van der Waals surface area (Å²) in [6.07, 6.45) is 3.61. The Morgan fingerprint density at radius 2 is 2.25 bits per heavy atom. The fraction of sp³-hybridized carbons (Fsp3) is 0.556. The number of likely N-dealkylation sites (tertiary alicyclic amines) is 1. The zero-order valence-electron chi connectivity index (χ0n) is 14.9. The number of aromatic nitrogens is 2. The maximum Gasteiger partial charge on any atom is 0.322 e. The normalized spacial score (nSPS) is 21.1. The predicted octanol–water partition coefficient (Wildman–Crippen LogP) is 4.12. The SMILES string of the molecule is CCn1nc(C)c(NC(=O)N2CC[C@H](C)C[C@@H]2c2ccco2)c1C. The van der Waals surface area contributed by atoms with Crippen molar-refractivity contribution >= 4 is 11.7 Å². The lowest BCUT2D eigenvalue weighted by atomic mass is 9.91. The number of rotatable bonds is 3. The molecule has 2 aromatic rings. The van der Waals surface area contributed by atoms with Gasteiger partial charge >= 0.3 is 6.03 Å². The second-order valence-corrected chi connectivity index (χ2v) is 6.65. The smallest absolute Gasteiger partial charge is 0.322 e. The lowest BCUT2D eigenvalue weighted by Gasteiger charge is -2.37. The Kier molecular flexibility index (Phi) is 4.64. The van der Waals surface area contributed by atoms with Gasteiger partial charge in [-0.2, -0.15) is 5.10 Å². The van der Waals surface area contributed by atoms with E-state index in [1.165, 1.54) is 0 Å². The van der Waals surface area contributed by atoms with Gasteiger partial charge in [-0.25, -0.2) is 4.79 Å². The average molecular weight is 330 g/mol. The summed E-state index contributed by atoms with van der Waals surface area (Å²) in [4.78, 5) is 14.8. The van der Waals surface area contributed by atoms with Crippen LogP contribution in [-0.4, -0.2) is 27.3 Å². The van der Waals surface area contributed by atoms with E-state index < -0.39 is 0 Å². The lowest BCUT2D eigenvalue weighted by molar-refractivity contribution is 0.129. The van der Waals surface area contributed by atoms with Crippen LogP contribution in [0.25, 0.3) is 0 Å². The summed E-state index contributed by atoms with van der Waals surface area (Å²) in [5.74, 6) is 1.44. The minimum atomic E-state index is -0.0786. The summed E-state index contributed by atoms with van der Waals surface area (Å²) < 4.78 is 7.49. The third kappa shape index (κ3) is 3.05. The van der Waals surface area contributed by atoms with E-state index in [4.69, 9.17) is 4.42 Å². The molecule has 6 nitrogen and oxygen atoms in total. The van der Waals surface area contributed by atoms with E-state index in [2.05, 4.69) is 17.3 Å². The van der Waals surface area contributed by atoms with Crippen LogP contribution in [0.4, 0.5) is 10.5 Å². The Morgan fingerprint density at radius 1 is 1.46 bits per heavy atom. The summed E-state index contributed by atoms with van der Waals surface area (Å²) >= 11 is 0. The number of amides is 2. The van der Waals surface area contributed by atoms with E-state index in [0.717, 1.165) is 48.8 Å². The molecule has 0 aliphatic carbocycles. The molecule has 3 rings (SSSR count). The number of hydrogen-bond donors (Lipinski definition) is 1. The van der Waals surface area contributed by atoms with Gasteiger partial charge < -0.3 is 14.6 Å². The third-order valence-electron chi connectivity index (χ3n) is 4.91. The van der Waals surface area contributed by atoms with Crippen LogP contribution in [-0.2, 0) is 6.54 Å². The quantitative estimate of drug-likeness (QED) is 0.921. The number of hydrogen-bond acceptors (Lipinski definition) is 3. The first-order chi connectivity index (χ1) is 11.5. The standard InChI is InChI=1S/C18H26N4O2/c1-5-22-14(4)17(13(3)20-22)19-18(23)21-9-8-12(2)11-15(21)16-7-6-10-24-16/h6-7,10,12,15H,5,8-9,11H2,1-4H3,(H,19,23)/t12-,15+/m0/s1. The van der Waals surface area contributed by atoms with Crippen molar-refractivity contribution in [1.29, 1.82) is 0 Å². The van der Waals surface area contributed by atoms with Gasteiger partial charge in [-0.05, 0) is 51.7 Å². The van der Waals surface area contributed by atoms with Gasteiger partial charge in [0.1, 0.15) is 5.76 Å². The average Bonchev–Trinajstić information content (AvgIpc) is 3.18. The molecule has 1 fully saturated rings. The molecule has 1 saturated heterocycles. The molecule has 0 spiro atoms. The third-order valence-corrected chi connectivity index (χ3v) is 4.91. The molecule has 0 radical (unpaired) electrons. The molecular weight excluding hydrogens is 304 g/mol. The second-order valence-electron chi connectivity index (χ2n) is 6.65. The molecule has 0 saturated carbocycles. The van der Waals surface area contributed by atoms with Crippen molar-refractivity contribution in [1.82, 2.24) is 14.7 Å². The molecule has 3 heterocycles. The molecule has 2 atom stereocenters. The second kappa shape index (κ2) is 6.71. The van der Waals surface area contributed by atoms with E-state index in [0.29, 0.717) is 5.92 Å². The molecule has 1 N–H and O–H groups in total. The van der Waals surface area contributed by atoms with Crippen LogP contribution in [0.5, 0.6) is 0 Å². The molecule has 0 unspecified atom stereocenters. The van der Waals surface area contributed by atoms with Crippen LogP contribution < -0.4 is 5.32 Å². The number of nitrogens with zero attached hydrogens (tertiary/aromatic N) is 3. The van der Waals surface area contributed by atoms with Crippen LogP contribution in [0, 0.1) is 19.8 Å². The highest BCUT2D eigenvalue weighted by Crippen LogP contribution is 2.35. The van der Waals surface area contributed by atoms with Crippen molar-refractivity contribution in [3.8, 4) is 0 Å². The molecule has 24 heavy (non-hydrogen) atoms. The Bertz CT molecular complexity index is 705. The summed E-state index contributed by atoms with van der Waals surface area (Å²) in [5, 5.41) is 7.54. The predicted molar refractivity (Wildman–Crippen MR) is 92.9 cm³/mol. The number of carbonyl (C=O) groups excluding carboxylic acids is 1. The van der Waals surface area contributed by atoms with Gasteiger partial charge in [0.15, 0.2) is 0 Å². The summed E-state index contributed by atoms with van der Waals surface area (Å²) in [5.41, 5.74) is 2.66. The fourth-order valence-corrected chi connectivity index (χ4v) is 3.50. The lowest BCUT2D eigenvalue weighted by Crippen LogP contribution is -2.43. The molecule has 0 bridgehead atoms. The van der Waals surface area contributed by atoms with Crippen LogP contribution in [0.2, 0.25) is 0 Å². The minimum absolute atomic E-state index is 0.00872. The number of anilines is 1. The first kappa shape index (κ1) is 16.6. The van der Waals surface area contributed by atoms with E-state index in [9.17, 15) is 4.79 Å². The number of aryl methyl sites for hydroxylation is 2. The van der Waals surface area contributed by atoms with E-state index >= 15 is 0 Å². The largest absolute Gasteiger partial charge is 0.467 e. The Morgan fingerprint density at radius 3 is 2.88 bits per heavy atom. The van der Waals surface area contributed by atoms with Crippen molar-refractivity contribution in [2.45, 2.75) is 53.1 Å². The zero-order chi connectivity index (χ0) is 17.3. The highest BCUT2D eigenvalue weighted by Gasteiger charge is 2.33. The first-order valence-electron chi connectivity index (χ1n) is 8.66. The van der Waals surface area contributed by atoms with Crippen molar-refractivity contribution in [2.75, 3.05) is 11.9 Å². The highest BCUT2D eigenvalue weighted by atomic mass is 16.3. The van der Waals surface area contributed by atoms with E-state index in [-0.39, 0.29) is 12.1 Å². The molecule has 0 aromatic carbocycles. The highest BCUT2D eigenvalue weighted by molar-refractivity contribution is 5.91. The van der Waals surface area contributed by atoms with Gasteiger partial charge in [0, 0.05) is 13.1 Å². The van der Waals surface area contributed by atoms with Crippen molar-refractivity contribution in [3.63, 3.8) is 0 Å². The Balaban J connectivity index is 1.81. The van der Waals surface area contributed by atoms with E-state index in [1.54, 1.807) is 6.26 Å². The molecule has 6 heteroatoms. The number of nitrogens with one attached hydrogen (secondary N) is 1. The van der Waals surface area contributed by atoms with Gasteiger partial charge in [-0.3, -0.25) is 4.68 Å². The van der Waals surface area contributed by atoms with Crippen LogP contribution in [0.3, 0.4) is 0 Å². The molecular formula is C18H26N4O2. The van der Waals surface area contributed by atoms with Gasteiger partial charge in [-0.15, -0.1) is 0 Å². The van der Waals surface area contributed by atoms with Crippen LogP contribution >= 0.6 is 0 Å². The minimum Gasteiger partial charge on any atom is -0.467 e. The summed E-state index contributed by atoms with van der Waals surface area (Å²) in [6, 6.07) is 3.74. The monoisotopic (exact) mass is 330 g/mol. The molecule has 130 valence electrons. The number of piperidine rings is 1.